The first-order valence-corrected chi connectivity index (χ1v) is 9.83. The van der Waals surface area contributed by atoms with Crippen LogP contribution in [-0.2, 0) is 0 Å². The van der Waals surface area contributed by atoms with E-state index >= 15 is 0 Å². The largest absolute Gasteiger partial charge is 0.418 e. The van der Waals surface area contributed by atoms with Gasteiger partial charge in [-0.25, -0.2) is 9.97 Å². The van der Waals surface area contributed by atoms with E-state index in [1.807, 2.05) is 0 Å². The van der Waals surface area contributed by atoms with Crippen molar-refractivity contribution < 1.29 is 27.4 Å². The number of carbonyl (C=O) groups excluding carboxylic acids is 1. The molecule has 1 atom stereocenters. The minimum atomic E-state index is -4.70. The van der Waals surface area contributed by atoms with E-state index in [1.54, 1.807) is 53.1 Å². The normalized spacial score (nSPS) is 12.7. The number of benzene rings is 1. The van der Waals surface area contributed by atoms with Crippen molar-refractivity contribution in [1.82, 2.24) is 10.3 Å². The number of pyridine rings is 2. The second-order valence-corrected chi connectivity index (χ2v) is 7.54. The fourth-order valence-electron chi connectivity index (χ4n) is 3.26. The standard InChI is InChI=1S/C21H13Cl2F3N4O/c22-12-7-8-13(14(23)11-12)19-28-17(16-6-2-4-10-30(16)19)20(31)29-18(21(24,25)26)15-5-1-3-9-27-15/h1-11,18H,(H,29,31)/p+2. The van der Waals surface area contributed by atoms with E-state index in [0.29, 0.717) is 26.9 Å². The Morgan fingerprint density at radius 1 is 1.10 bits per heavy atom. The highest BCUT2D eigenvalue weighted by Gasteiger charge is 2.46. The number of fused-ring (bicyclic) bond motifs is 1. The van der Waals surface area contributed by atoms with Crippen molar-refractivity contribution in [2.45, 2.75) is 12.2 Å². The summed E-state index contributed by atoms with van der Waals surface area (Å²) in [6.45, 7) is 0. The monoisotopic (exact) mass is 466 g/mol. The van der Waals surface area contributed by atoms with E-state index < -0.39 is 18.1 Å². The van der Waals surface area contributed by atoms with Crippen LogP contribution in [0.4, 0.5) is 13.2 Å². The molecular weight excluding hydrogens is 452 g/mol. The molecule has 0 aliphatic carbocycles. The fraction of sp³-hybridized carbons (Fsp3) is 0.0952. The second kappa shape index (κ2) is 8.20. The minimum Gasteiger partial charge on any atom is -0.328 e. The maximum Gasteiger partial charge on any atom is 0.418 e. The Balaban J connectivity index is 1.78. The highest BCUT2D eigenvalue weighted by atomic mass is 35.5. The van der Waals surface area contributed by atoms with Gasteiger partial charge in [0.1, 0.15) is 0 Å². The summed E-state index contributed by atoms with van der Waals surface area (Å²) in [5.74, 6) is -0.489. The van der Waals surface area contributed by atoms with Crippen LogP contribution in [0.2, 0.25) is 10.0 Å². The van der Waals surface area contributed by atoms with Crippen LogP contribution in [0.1, 0.15) is 22.2 Å². The van der Waals surface area contributed by atoms with Crippen molar-refractivity contribution in [3.05, 3.63) is 88.4 Å². The molecule has 158 valence electrons. The van der Waals surface area contributed by atoms with Gasteiger partial charge in [-0.15, -0.1) is 0 Å². The molecule has 3 heterocycles. The molecule has 3 N–H and O–H groups in total. The molecule has 0 radical (unpaired) electrons. The molecule has 1 amide bonds. The molecule has 4 aromatic rings. The number of halogens is 5. The number of imidazole rings is 1. The topological polar surface area (TPSA) is 63.1 Å². The lowest BCUT2D eigenvalue weighted by atomic mass is 10.1. The van der Waals surface area contributed by atoms with Crippen LogP contribution in [0.5, 0.6) is 0 Å². The molecule has 0 saturated heterocycles. The molecule has 3 aromatic heterocycles. The third-order valence-electron chi connectivity index (χ3n) is 4.66. The van der Waals surface area contributed by atoms with Crippen molar-refractivity contribution in [3.8, 4) is 11.4 Å². The fourth-order valence-corrected chi connectivity index (χ4v) is 3.76. The lowest BCUT2D eigenvalue weighted by Gasteiger charge is -2.17. The zero-order chi connectivity index (χ0) is 22.2. The second-order valence-electron chi connectivity index (χ2n) is 6.69. The molecule has 0 aliphatic rings. The molecule has 0 bridgehead atoms. The van der Waals surface area contributed by atoms with Crippen LogP contribution in [0.15, 0.2) is 67.0 Å². The van der Waals surface area contributed by atoms with Crippen molar-refractivity contribution >= 4 is 34.6 Å². The summed E-state index contributed by atoms with van der Waals surface area (Å²) >= 11 is 12.3. The van der Waals surface area contributed by atoms with Crippen LogP contribution in [0.25, 0.3) is 16.9 Å². The Kier molecular flexibility index (Phi) is 5.60. The average molecular weight is 467 g/mol. The van der Waals surface area contributed by atoms with Crippen molar-refractivity contribution in [2.75, 3.05) is 0 Å². The molecule has 5 nitrogen and oxygen atoms in total. The van der Waals surface area contributed by atoms with E-state index in [0.717, 1.165) is 0 Å². The highest BCUT2D eigenvalue weighted by molar-refractivity contribution is 6.36. The zero-order valence-corrected chi connectivity index (χ0v) is 17.2. The summed E-state index contributed by atoms with van der Waals surface area (Å²) in [6, 6.07) is 11.9. The lowest BCUT2D eigenvalue weighted by molar-refractivity contribution is -0.498. The van der Waals surface area contributed by atoms with Crippen LogP contribution >= 0.6 is 23.2 Å². The molecule has 0 saturated carbocycles. The quantitative estimate of drug-likeness (QED) is 0.425. The van der Waals surface area contributed by atoms with E-state index in [4.69, 9.17) is 23.2 Å². The SMILES string of the molecule is O=C(NC(c1cccc[nH+]1)C(F)(F)F)c1[nH]c(-c2ccc(Cl)cc2Cl)[n+]2ccccc12. The van der Waals surface area contributed by atoms with Gasteiger partial charge < -0.3 is 5.32 Å². The van der Waals surface area contributed by atoms with Crippen LogP contribution in [-0.4, -0.2) is 17.1 Å². The van der Waals surface area contributed by atoms with E-state index in [2.05, 4.69) is 15.3 Å². The Bertz CT molecular complexity index is 1260. The summed E-state index contributed by atoms with van der Waals surface area (Å²) in [4.78, 5) is 18.4. The number of nitrogens with zero attached hydrogens (tertiary/aromatic N) is 1. The minimum absolute atomic E-state index is 0.0354. The Morgan fingerprint density at radius 2 is 1.87 bits per heavy atom. The summed E-state index contributed by atoms with van der Waals surface area (Å²) in [5.41, 5.74) is 0.702. The number of rotatable bonds is 4. The first-order valence-electron chi connectivity index (χ1n) is 9.07. The number of carbonyl (C=O) groups is 1. The number of aromatic nitrogens is 3. The number of H-pyrrole nitrogens is 2. The predicted octanol–water partition coefficient (Wildman–Crippen LogP) is 4.57. The number of alkyl halides is 3. The van der Waals surface area contributed by atoms with Crippen LogP contribution in [0, 0.1) is 0 Å². The van der Waals surface area contributed by atoms with Gasteiger partial charge in [0.05, 0.1) is 16.8 Å². The van der Waals surface area contributed by atoms with Gasteiger partial charge in [0, 0.05) is 17.2 Å². The molecule has 1 unspecified atom stereocenters. The number of aromatic amines is 2. The first-order chi connectivity index (χ1) is 14.8. The molecular formula is C21H15Cl2F3N4O+2. The summed E-state index contributed by atoms with van der Waals surface area (Å²) in [6.07, 6.45) is -1.67. The third kappa shape index (κ3) is 4.22. The number of nitrogens with one attached hydrogen (secondary N) is 3. The molecule has 10 heteroatoms. The van der Waals surface area contributed by atoms with Gasteiger partial charge in [-0.1, -0.05) is 35.3 Å². The average Bonchev–Trinajstić information content (AvgIpc) is 3.11. The molecule has 0 aliphatic heterocycles. The van der Waals surface area contributed by atoms with Crippen molar-refractivity contribution in [2.24, 2.45) is 0 Å². The van der Waals surface area contributed by atoms with Crippen molar-refractivity contribution in [3.63, 3.8) is 0 Å². The Labute approximate surface area is 184 Å². The van der Waals surface area contributed by atoms with Gasteiger partial charge in [-0.3, -0.25) is 4.79 Å². The number of amides is 1. The first kappa shape index (κ1) is 21.1. The Morgan fingerprint density at radius 3 is 2.55 bits per heavy atom. The van der Waals surface area contributed by atoms with Gasteiger partial charge in [-0.05, 0) is 30.3 Å². The number of hydrogen-bond acceptors (Lipinski definition) is 1. The number of hydrogen-bond donors (Lipinski definition) is 2. The van der Waals surface area contributed by atoms with Crippen LogP contribution < -0.4 is 14.7 Å². The molecule has 31 heavy (non-hydrogen) atoms. The van der Waals surface area contributed by atoms with Gasteiger partial charge >= 0.3 is 6.18 Å². The summed E-state index contributed by atoms with van der Waals surface area (Å²) in [7, 11) is 0. The third-order valence-corrected chi connectivity index (χ3v) is 5.21. The smallest absolute Gasteiger partial charge is 0.328 e. The van der Waals surface area contributed by atoms with E-state index in [1.165, 1.54) is 18.3 Å². The van der Waals surface area contributed by atoms with Gasteiger partial charge in [0.15, 0.2) is 11.7 Å². The van der Waals surface area contributed by atoms with E-state index in [9.17, 15) is 18.0 Å². The summed E-state index contributed by atoms with van der Waals surface area (Å²) < 4.78 is 42.7. The van der Waals surface area contributed by atoms with Crippen LogP contribution in [0.3, 0.4) is 0 Å². The van der Waals surface area contributed by atoms with E-state index in [-0.39, 0.29) is 11.4 Å². The molecule has 1 aromatic carbocycles. The maximum atomic E-state index is 13.7. The zero-order valence-electron chi connectivity index (χ0n) is 15.7. The predicted molar refractivity (Wildman–Crippen MR) is 109 cm³/mol. The highest BCUT2D eigenvalue weighted by Crippen LogP contribution is 2.32. The lowest BCUT2D eigenvalue weighted by Crippen LogP contribution is -2.41. The molecule has 0 fully saturated rings. The molecule has 4 rings (SSSR count). The Hall–Kier alpha value is -3.10. The van der Waals surface area contributed by atoms with Crippen molar-refractivity contribution in [1.29, 1.82) is 0 Å². The van der Waals surface area contributed by atoms with Gasteiger partial charge in [0.25, 0.3) is 11.7 Å². The van der Waals surface area contributed by atoms with Gasteiger partial charge in [0.2, 0.25) is 17.4 Å². The molecule has 0 spiro atoms. The van der Waals surface area contributed by atoms with Gasteiger partial charge in [-0.2, -0.15) is 17.6 Å². The summed E-state index contributed by atoms with van der Waals surface area (Å²) in [5, 5.41) is 2.83. The maximum absolute atomic E-state index is 13.7.